The van der Waals surface area contributed by atoms with Gasteiger partial charge in [0.25, 0.3) is 5.91 Å². The van der Waals surface area contributed by atoms with Crippen molar-refractivity contribution in [1.82, 2.24) is 10.5 Å². The topological polar surface area (TPSA) is 111 Å². The minimum atomic E-state index is -1.14. The number of carbonyl (C=O) groups excluding carboxylic acids is 1. The van der Waals surface area contributed by atoms with E-state index in [1.165, 1.54) is 6.07 Å². The van der Waals surface area contributed by atoms with Crippen molar-refractivity contribution < 1.29 is 28.7 Å². The van der Waals surface area contributed by atoms with Crippen LogP contribution in [0.25, 0.3) is 11.3 Å². The molecule has 1 aromatic carbocycles. The average molecular weight is 344 g/mol. The highest BCUT2D eigenvalue weighted by atomic mass is 16.7. The lowest BCUT2D eigenvalue weighted by molar-refractivity contribution is -0.139. The van der Waals surface area contributed by atoms with E-state index in [0.29, 0.717) is 28.4 Å². The highest BCUT2D eigenvalue weighted by molar-refractivity contribution is 5.95. The molecule has 0 spiro atoms. The van der Waals surface area contributed by atoms with E-state index in [-0.39, 0.29) is 18.9 Å². The second-order valence-electron chi connectivity index (χ2n) is 5.67. The summed E-state index contributed by atoms with van der Waals surface area (Å²) < 4.78 is 15.7. The number of ether oxygens (including phenoxy) is 2. The van der Waals surface area contributed by atoms with Gasteiger partial charge in [-0.05, 0) is 31.5 Å². The lowest BCUT2D eigenvalue weighted by Crippen LogP contribution is -2.41. The van der Waals surface area contributed by atoms with Crippen molar-refractivity contribution in [1.29, 1.82) is 0 Å². The molecule has 1 aliphatic heterocycles. The first-order chi connectivity index (χ1) is 11.9. The molecule has 1 unspecified atom stereocenters. The number of carbonyl (C=O) groups is 2. The average Bonchev–Trinajstić information content (AvgIpc) is 3.22. The smallest absolute Gasteiger partial charge is 0.326 e. The Kier molecular flexibility index (Phi) is 4.42. The number of rotatable bonds is 6. The largest absolute Gasteiger partial charge is 0.480 e. The van der Waals surface area contributed by atoms with Gasteiger partial charge in [-0.2, -0.15) is 0 Å². The Bertz CT molecular complexity index is 841. The first kappa shape index (κ1) is 16.6. The van der Waals surface area contributed by atoms with Crippen LogP contribution in [0.15, 0.2) is 40.9 Å². The Balaban J connectivity index is 1.75. The molecule has 0 radical (unpaired) electrons. The molecule has 0 bridgehead atoms. The normalized spacial score (nSPS) is 13.3. The number of carboxylic acids is 1. The number of hydrogen-bond acceptors (Lipinski definition) is 6. The van der Waals surface area contributed by atoms with E-state index in [1.54, 1.807) is 25.1 Å². The first-order valence-corrected chi connectivity index (χ1v) is 7.49. The number of nitrogens with zero attached hydrogens (tertiary/aromatic N) is 1. The summed E-state index contributed by atoms with van der Waals surface area (Å²) in [7, 11) is 0. The molecule has 2 heterocycles. The molecule has 8 heteroatoms. The number of fused-ring (bicyclic) bond motifs is 1. The van der Waals surface area contributed by atoms with E-state index in [4.69, 9.17) is 19.1 Å². The van der Waals surface area contributed by atoms with Gasteiger partial charge in [-0.15, -0.1) is 6.58 Å². The number of nitrogens with one attached hydrogen (secondary N) is 1. The van der Waals surface area contributed by atoms with Gasteiger partial charge in [0.15, 0.2) is 23.0 Å². The standard InChI is InChI=1S/C17H16N2O6/c1-9(2)5-12(17(21)22)18-16(20)11-7-14(25-19-11)10-3-4-13-15(6-10)24-8-23-13/h3-4,6-7,12H,1,5,8H2,2H3,(H,18,20)(H,21,22). The second kappa shape index (κ2) is 6.68. The van der Waals surface area contributed by atoms with Gasteiger partial charge >= 0.3 is 5.97 Å². The predicted molar refractivity (Wildman–Crippen MR) is 86.4 cm³/mol. The molecule has 1 aromatic heterocycles. The number of aromatic nitrogens is 1. The summed E-state index contributed by atoms with van der Waals surface area (Å²) >= 11 is 0. The van der Waals surface area contributed by atoms with E-state index >= 15 is 0 Å². The first-order valence-electron chi connectivity index (χ1n) is 7.49. The summed E-state index contributed by atoms with van der Waals surface area (Å²) in [5.74, 6) is -0.215. The van der Waals surface area contributed by atoms with Crippen molar-refractivity contribution in [2.75, 3.05) is 6.79 Å². The summed E-state index contributed by atoms with van der Waals surface area (Å²) in [4.78, 5) is 23.4. The van der Waals surface area contributed by atoms with Crippen molar-refractivity contribution in [3.8, 4) is 22.8 Å². The zero-order chi connectivity index (χ0) is 18.0. The van der Waals surface area contributed by atoms with Crippen LogP contribution in [0.3, 0.4) is 0 Å². The molecular formula is C17H16N2O6. The number of amides is 1. The highest BCUT2D eigenvalue weighted by Gasteiger charge is 2.23. The van der Waals surface area contributed by atoms with Crippen LogP contribution in [0.5, 0.6) is 11.5 Å². The van der Waals surface area contributed by atoms with Crippen LogP contribution in [-0.4, -0.2) is 35.0 Å². The zero-order valence-corrected chi connectivity index (χ0v) is 13.4. The monoisotopic (exact) mass is 344 g/mol. The highest BCUT2D eigenvalue weighted by Crippen LogP contribution is 2.36. The van der Waals surface area contributed by atoms with Gasteiger partial charge in [-0.25, -0.2) is 4.79 Å². The molecule has 2 aromatic rings. The van der Waals surface area contributed by atoms with Gasteiger partial charge < -0.3 is 24.4 Å². The molecule has 1 amide bonds. The number of hydrogen-bond donors (Lipinski definition) is 2. The fraction of sp³-hybridized carbons (Fsp3) is 0.235. The predicted octanol–water partition coefficient (Wildman–Crippen LogP) is 2.22. The minimum Gasteiger partial charge on any atom is -0.480 e. The summed E-state index contributed by atoms with van der Waals surface area (Å²) in [5.41, 5.74) is 1.29. The Morgan fingerprint density at radius 2 is 2.08 bits per heavy atom. The van der Waals surface area contributed by atoms with Gasteiger partial charge in [-0.3, -0.25) is 4.79 Å². The third-order valence-electron chi connectivity index (χ3n) is 3.56. The Labute approximate surface area is 143 Å². The van der Waals surface area contributed by atoms with Crippen LogP contribution in [0.2, 0.25) is 0 Å². The van der Waals surface area contributed by atoms with E-state index in [9.17, 15) is 9.59 Å². The number of benzene rings is 1. The maximum atomic E-state index is 12.2. The van der Waals surface area contributed by atoms with E-state index in [1.807, 2.05) is 0 Å². The third-order valence-corrected chi connectivity index (χ3v) is 3.56. The van der Waals surface area contributed by atoms with Crippen LogP contribution >= 0.6 is 0 Å². The Morgan fingerprint density at radius 1 is 1.32 bits per heavy atom. The maximum absolute atomic E-state index is 12.2. The maximum Gasteiger partial charge on any atom is 0.326 e. The van der Waals surface area contributed by atoms with Gasteiger partial charge in [0.1, 0.15) is 6.04 Å². The molecule has 0 aliphatic carbocycles. The van der Waals surface area contributed by atoms with Crippen molar-refractivity contribution in [2.45, 2.75) is 19.4 Å². The number of aliphatic carboxylic acids is 1. The van der Waals surface area contributed by atoms with E-state index < -0.39 is 17.9 Å². The fourth-order valence-electron chi connectivity index (χ4n) is 2.35. The Hall–Kier alpha value is -3.29. The quantitative estimate of drug-likeness (QED) is 0.773. The molecular weight excluding hydrogens is 328 g/mol. The van der Waals surface area contributed by atoms with E-state index in [0.717, 1.165) is 0 Å². The summed E-state index contributed by atoms with van der Waals surface area (Å²) in [6.45, 7) is 5.50. The molecule has 8 nitrogen and oxygen atoms in total. The molecule has 3 rings (SSSR count). The van der Waals surface area contributed by atoms with Crippen LogP contribution in [-0.2, 0) is 4.79 Å². The van der Waals surface area contributed by atoms with Crippen molar-refractivity contribution in [3.63, 3.8) is 0 Å². The third kappa shape index (κ3) is 3.63. The lowest BCUT2D eigenvalue weighted by atomic mass is 10.1. The van der Waals surface area contributed by atoms with Gasteiger partial charge in [0.2, 0.25) is 6.79 Å². The SMILES string of the molecule is C=C(C)CC(NC(=O)c1cc(-c2ccc3c(c2)OCO3)on1)C(=O)O. The number of carboxylic acid groups (broad SMARTS) is 1. The van der Waals surface area contributed by atoms with Crippen molar-refractivity contribution >= 4 is 11.9 Å². The van der Waals surface area contributed by atoms with Crippen LogP contribution in [0.4, 0.5) is 0 Å². The Morgan fingerprint density at radius 3 is 2.80 bits per heavy atom. The molecule has 0 fully saturated rings. The van der Waals surface area contributed by atoms with E-state index in [2.05, 4.69) is 17.1 Å². The molecule has 2 N–H and O–H groups in total. The van der Waals surface area contributed by atoms with Gasteiger partial charge in [0, 0.05) is 11.6 Å². The van der Waals surface area contributed by atoms with Crippen LogP contribution in [0.1, 0.15) is 23.8 Å². The van der Waals surface area contributed by atoms with Gasteiger partial charge in [0.05, 0.1) is 0 Å². The molecule has 130 valence electrons. The molecule has 1 atom stereocenters. The van der Waals surface area contributed by atoms with Gasteiger partial charge in [-0.1, -0.05) is 10.7 Å². The van der Waals surface area contributed by atoms with Crippen molar-refractivity contribution in [2.24, 2.45) is 0 Å². The molecule has 0 saturated heterocycles. The summed E-state index contributed by atoms with van der Waals surface area (Å²) in [6, 6.07) is 5.55. The zero-order valence-electron chi connectivity index (χ0n) is 13.4. The van der Waals surface area contributed by atoms with Crippen LogP contribution in [0, 0.1) is 0 Å². The molecule has 25 heavy (non-hydrogen) atoms. The summed E-state index contributed by atoms with van der Waals surface area (Å²) in [6.07, 6.45) is 0.133. The second-order valence-corrected chi connectivity index (χ2v) is 5.67. The lowest BCUT2D eigenvalue weighted by Gasteiger charge is -2.13. The van der Waals surface area contributed by atoms with Crippen molar-refractivity contribution in [3.05, 3.63) is 42.1 Å². The van der Waals surface area contributed by atoms with Crippen LogP contribution < -0.4 is 14.8 Å². The fourth-order valence-corrected chi connectivity index (χ4v) is 2.35. The minimum absolute atomic E-state index is 0.0133. The molecule has 1 aliphatic rings. The molecule has 0 saturated carbocycles. The summed E-state index contributed by atoms with van der Waals surface area (Å²) in [5, 5.41) is 15.3.